The van der Waals surface area contributed by atoms with Crippen molar-refractivity contribution >= 4 is 23.8 Å². The van der Waals surface area contributed by atoms with E-state index in [1.807, 2.05) is 36.4 Å². The van der Waals surface area contributed by atoms with Gasteiger partial charge >= 0.3 is 0 Å². The molecule has 2 N–H and O–H groups in total. The van der Waals surface area contributed by atoms with Crippen molar-refractivity contribution in [1.82, 2.24) is 14.9 Å². The molecule has 27 heavy (non-hydrogen) atoms. The number of carbonyl (C=O) groups is 1. The van der Waals surface area contributed by atoms with Crippen molar-refractivity contribution < 1.29 is 4.79 Å². The van der Waals surface area contributed by atoms with E-state index in [2.05, 4.69) is 39.5 Å². The van der Waals surface area contributed by atoms with E-state index >= 15 is 0 Å². The van der Waals surface area contributed by atoms with Gasteiger partial charge in [0.1, 0.15) is 5.69 Å². The third-order valence-electron chi connectivity index (χ3n) is 4.98. The number of amides is 1. The van der Waals surface area contributed by atoms with Gasteiger partial charge in [0.25, 0.3) is 5.91 Å². The average Bonchev–Trinajstić information content (AvgIpc) is 3.34. The molecule has 2 aromatic carbocycles. The summed E-state index contributed by atoms with van der Waals surface area (Å²) in [6.07, 6.45) is 2.75. The van der Waals surface area contributed by atoms with Crippen LogP contribution in [0, 0.1) is 10.7 Å². The number of aromatic amines is 1. The van der Waals surface area contributed by atoms with Crippen molar-refractivity contribution in [3.8, 4) is 5.69 Å². The number of benzene rings is 2. The molecule has 1 aromatic heterocycles. The van der Waals surface area contributed by atoms with Crippen molar-refractivity contribution in [2.45, 2.75) is 6.42 Å². The summed E-state index contributed by atoms with van der Waals surface area (Å²) in [5.41, 5.74) is 2.66. The molecule has 1 atom stereocenters. The van der Waals surface area contributed by atoms with Crippen molar-refractivity contribution in [3.63, 3.8) is 0 Å². The summed E-state index contributed by atoms with van der Waals surface area (Å²) in [6, 6.07) is 20.1. The number of imidazole rings is 1. The molecule has 0 bridgehead atoms. The second-order valence-electron chi connectivity index (χ2n) is 6.80. The van der Waals surface area contributed by atoms with Crippen LogP contribution in [-0.4, -0.2) is 35.1 Å². The fourth-order valence-electron chi connectivity index (χ4n) is 3.57. The summed E-state index contributed by atoms with van der Waals surface area (Å²) in [5, 5.41) is 3.08. The van der Waals surface area contributed by atoms with Gasteiger partial charge in [0.15, 0.2) is 4.77 Å². The topological polar surface area (TPSA) is 53.1 Å². The standard InChI is InChI=1S/C21H22N4OS/c26-20(19-14-23-21(27)25(19)18-9-5-2-6-10-18)22-13-16-11-12-24(15-16)17-7-3-1-4-8-17/h1-10,14,16H,11-13,15H2,(H,22,26)(H,23,27)/t16-/m0/s1. The molecule has 3 aromatic rings. The van der Waals surface area contributed by atoms with Gasteiger partial charge in [-0.3, -0.25) is 9.36 Å². The van der Waals surface area contributed by atoms with Gasteiger partial charge in [0, 0.05) is 37.2 Å². The molecule has 6 heteroatoms. The van der Waals surface area contributed by atoms with Crippen LogP contribution in [-0.2, 0) is 0 Å². The molecule has 1 aliphatic heterocycles. The lowest BCUT2D eigenvalue weighted by atomic mass is 10.1. The van der Waals surface area contributed by atoms with E-state index in [1.165, 1.54) is 5.69 Å². The predicted molar refractivity (Wildman–Crippen MR) is 110 cm³/mol. The Kier molecular flexibility index (Phi) is 5.07. The first-order valence-electron chi connectivity index (χ1n) is 9.16. The van der Waals surface area contributed by atoms with Crippen LogP contribution in [0.15, 0.2) is 66.9 Å². The summed E-state index contributed by atoms with van der Waals surface area (Å²) in [5.74, 6) is 0.339. The highest BCUT2D eigenvalue weighted by molar-refractivity contribution is 7.71. The minimum atomic E-state index is -0.107. The number of para-hydroxylation sites is 2. The molecule has 138 valence electrons. The van der Waals surface area contributed by atoms with Gasteiger partial charge in [-0.05, 0) is 48.8 Å². The van der Waals surface area contributed by atoms with Gasteiger partial charge in [-0.1, -0.05) is 36.4 Å². The second kappa shape index (κ2) is 7.80. The van der Waals surface area contributed by atoms with E-state index < -0.39 is 0 Å². The summed E-state index contributed by atoms with van der Waals surface area (Å²) in [6.45, 7) is 2.65. The highest BCUT2D eigenvalue weighted by Gasteiger charge is 2.24. The molecule has 1 aliphatic rings. The molecule has 4 rings (SSSR count). The summed E-state index contributed by atoms with van der Waals surface area (Å²) < 4.78 is 2.29. The lowest BCUT2D eigenvalue weighted by Gasteiger charge is -2.18. The number of nitrogens with zero attached hydrogens (tertiary/aromatic N) is 2. The van der Waals surface area contributed by atoms with E-state index in [0.717, 1.165) is 25.2 Å². The van der Waals surface area contributed by atoms with Crippen LogP contribution < -0.4 is 10.2 Å². The number of carbonyl (C=O) groups excluding carboxylic acids is 1. The Bertz CT molecular complexity index is 965. The Hall–Kier alpha value is -2.86. The van der Waals surface area contributed by atoms with Gasteiger partial charge in [0.05, 0.1) is 0 Å². The van der Waals surface area contributed by atoms with Crippen LogP contribution in [0.3, 0.4) is 0 Å². The first-order valence-corrected chi connectivity index (χ1v) is 9.57. The van der Waals surface area contributed by atoms with Crippen LogP contribution in [0.2, 0.25) is 0 Å². The summed E-state index contributed by atoms with van der Waals surface area (Å²) in [7, 11) is 0. The molecule has 0 radical (unpaired) electrons. The Morgan fingerprint density at radius 2 is 1.74 bits per heavy atom. The molecular formula is C21H22N4OS. The van der Waals surface area contributed by atoms with E-state index in [0.29, 0.717) is 22.9 Å². The third-order valence-corrected chi connectivity index (χ3v) is 5.28. The summed E-state index contributed by atoms with van der Waals surface area (Å²) >= 11 is 5.36. The van der Waals surface area contributed by atoms with Crippen molar-refractivity contribution in [1.29, 1.82) is 0 Å². The maximum atomic E-state index is 12.7. The maximum Gasteiger partial charge on any atom is 0.269 e. The number of rotatable bonds is 5. The fraction of sp³-hybridized carbons (Fsp3) is 0.238. The van der Waals surface area contributed by atoms with Crippen LogP contribution in [0.1, 0.15) is 16.9 Å². The molecule has 0 aliphatic carbocycles. The molecular weight excluding hydrogens is 356 g/mol. The monoisotopic (exact) mass is 378 g/mol. The van der Waals surface area contributed by atoms with Crippen LogP contribution >= 0.6 is 12.2 Å². The number of H-pyrrole nitrogens is 1. The lowest BCUT2D eigenvalue weighted by Crippen LogP contribution is -2.32. The minimum absolute atomic E-state index is 0.107. The van der Waals surface area contributed by atoms with Crippen LogP contribution in [0.4, 0.5) is 5.69 Å². The van der Waals surface area contributed by atoms with Crippen LogP contribution in [0.5, 0.6) is 0 Å². The zero-order valence-electron chi connectivity index (χ0n) is 15.0. The number of aromatic nitrogens is 2. The molecule has 0 spiro atoms. The Labute approximate surface area is 163 Å². The van der Waals surface area contributed by atoms with Gasteiger partial charge < -0.3 is 15.2 Å². The molecule has 0 unspecified atom stereocenters. The SMILES string of the molecule is O=C(NC[C@@H]1CCN(c2ccccc2)C1)c1c[nH]c(=S)n1-c1ccccc1. The van der Waals surface area contributed by atoms with Crippen molar-refractivity contribution in [2.24, 2.45) is 5.92 Å². The largest absolute Gasteiger partial charge is 0.371 e. The molecule has 1 fully saturated rings. The highest BCUT2D eigenvalue weighted by Crippen LogP contribution is 2.23. The minimum Gasteiger partial charge on any atom is -0.371 e. The highest BCUT2D eigenvalue weighted by atomic mass is 32.1. The van der Waals surface area contributed by atoms with Gasteiger partial charge in [-0.25, -0.2) is 0 Å². The van der Waals surface area contributed by atoms with E-state index in [4.69, 9.17) is 12.2 Å². The third kappa shape index (κ3) is 3.80. The molecule has 1 saturated heterocycles. The smallest absolute Gasteiger partial charge is 0.269 e. The van der Waals surface area contributed by atoms with Gasteiger partial charge in [-0.2, -0.15) is 0 Å². The quantitative estimate of drug-likeness (QED) is 0.664. The predicted octanol–water partition coefficient (Wildman–Crippen LogP) is 3.79. The van der Waals surface area contributed by atoms with Gasteiger partial charge in [0.2, 0.25) is 0 Å². The maximum absolute atomic E-state index is 12.7. The van der Waals surface area contributed by atoms with E-state index in [9.17, 15) is 4.79 Å². The average molecular weight is 379 g/mol. The fourth-order valence-corrected chi connectivity index (χ4v) is 3.83. The molecule has 0 saturated carbocycles. The Morgan fingerprint density at radius 3 is 2.44 bits per heavy atom. The Morgan fingerprint density at radius 1 is 1.07 bits per heavy atom. The number of hydrogen-bond donors (Lipinski definition) is 2. The van der Waals surface area contributed by atoms with Crippen LogP contribution in [0.25, 0.3) is 5.69 Å². The number of nitrogens with one attached hydrogen (secondary N) is 2. The second-order valence-corrected chi connectivity index (χ2v) is 7.18. The molecule has 5 nitrogen and oxygen atoms in total. The first kappa shape index (κ1) is 17.5. The molecule has 2 heterocycles. The lowest BCUT2D eigenvalue weighted by molar-refractivity contribution is 0.0941. The number of anilines is 1. The Balaban J connectivity index is 1.41. The van der Waals surface area contributed by atoms with E-state index in [1.54, 1.807) is 10.8 Å². The zero-order valence-corrected chi connectivity index (χ0v) is 15.8. The van der Waals surface area contributed by atoms with E-state index in [-0.39, 0.29) is 5.91 Å². The van der Waals surface area contributed by atoms with Crippen molar-refractivity contribution in [2.75, 3.05) is 24.5 Å². The first-order chi connectivity index (χ1) is 13.2. The van der Waals surface area contributed by atoms with Gasteiger partial charge in [-0.15, -0.1) is 0 Å². The van der Waals surface area contributed by atoms with Crippen molar-refractivity contribution in [3.05, 3.63) is 77.3 Å². The summed E-state index contributed by atoms with van der Waals surface area (Å²) in [4.78, 5) is 18.1. The number of hydrogen-bond acceptors (Lipinski definition) is 3. The molecule has 1 amide bonds. The zero-order chi connectivity index (χ0) is 18.6. The normalized spacial score (nSPS) is 16.4.